The molecule has 0 saturated carbocycles. The molecule has 1 N–H and O–H groups in total. The summed E-state index contributed by atoms with van der Waals surface area (Å²) in [5.41, 5.74) is -4.29. The lowest BCUT2D eigenvalue weighted by Crippen LogP contribution is -2.05. The number of hydrogen-bond donors (Lipinski definition) is 1. The third-order valence-electron chi connectivity index (χ3n) is 1.92. The quantitative estimate of drug-likeness (QED) is 0.472. The first-order valence-electron chi connectivity index (χ1n) is 4.14. The third-order valence-corrected chi connectivity index (χ3v) is 2.75. The average molecular weight is 293 g/mol. The monoisotopic (exact) mass is 293 g/mol. The van der Waals surface area contributed by atoms with Gasteiger partial charge in [-0.1, -0.05) is 0 Å². The molecule has 0 atom stereocenters. The van der Waals surface area contributed by atoms with Gasteiger partial charge in [-0.2, -0.15) is 8.42 Å². The van der Waals surface area contributed by atoms with Crippen LogP contribution in [0, 0.1) is 30.3 Å². The molecule has 19 heavy (non-hydrogen) atoms. The van der Waals surface area contributed by atoms with Crippen LogP contribution in [0.15, 0.2) is 17.0 Å². The molecule has 1 rings (SSSR count). The third kappa shape index (κ3) is 2.78. The van der Waals surface area contributed by atoms with Crippen molar-refractivity contribution in [2.45, 2.75) is 4.90 Å². The molecule has 0 aliphatic carbocycles. The van der Waals surface area contributed by atoms with Gasteiger partial charge in [-0.3, -0.25) is 34.9 Å². The second-order valence-corrected chi connectivity index (χ2v) is 4.48. The van der Waals surface area contributed by atoms with E-state index in [0.717, 1.165) is 0 Å². The molecule has 13 heteroatoms. The van der Waals surface area contributed by atoms with Crippen molar-refractivity contribution < 1.29 is 27.7 Å². The average Bonchev–Trinajstić information content (AvgIpc) is 2.25. The van der Waals surface area contributed by atoms with Crippen LogP contribution in [0.3, 0.4) is 0 Å². The maximum atomic E-state index is 10.8. The van der Waals surface area contributed by atoms with Crippen molar-refractivity contribution in [3.63, 3.8) is 0 Å². The van der Waals surface area contributed by atoms with Crippen LogP contribution >= 0.6 is 0 Å². The van der Waals surface area contributed by atoms with Crippen LogP contribution in [-0.2, 0) is 10.1 Å². The summed E-state index contributed by atoms with van der Waals surface area (Å²) in [4.78, 5) is 26.5. The van der Waals surface area contributed by atoms with Crippen LogP contribution in [0.1, 0.15) is 0 Å². The number of nitrogens with zero attached hydrogens (tertiary/aromatic N) is 3. The second kappa shape index (κ2) is 4.54. The van der Waals surface area contributed by atoms with E-state index in [1.807, 2.05) is 0 Å². The van der Waals surface area contributed by atoms with Gasteiger partial charge in [0.05, 0.1) is 14.8 Å². The summed E-state index contributed by atoms with van der Waals surface area (Å²) >= 11 is 0. The molecule has 0 heterocycles. The summed E-state index contributed by atoms with van der Waals surface area (Å²) in [5.74, 6) is 0. The highest BCUT2D eigenvalue weighted by molar-refractivity contribution is 7.85. The van der Waals surface area contributed by atoms with Crippen molar-refractivity contribution in [2.75, 3.05) is 0 Å². The van der Waals surface area contributed by atoms with E-state index in [1.54, 1.807) is 0 Å². The summed E-state index contributed by atoms with van der Waals surface area (Å²) in [6, 6.07) is 0.334. The van der Waals surface area contributed by atoms with Crippen molar-refractivity contribution in [3.05, 3.63) is 42.5 Å². The molecule has 0 spiro atoms. The molecule has 0 amide bonds. The Kier molecular flexibility index (Phi) is 3.44. The van der Waals surface area contributed by atoms with Gasteiger partial charge in [-0.05, 0) is 0 Å². The molecule has 102 valence electrons. The summed E-state index contributed by atoms with van der Waals surface area (Å²) in [6.45, 7) is 0. The highest BCUT2D eigenvalue weighted by Crippen LogP contribution is 2.38. The predicted octanol–water partition coefficient (Wildman–Crippen LogP) is 0.658. The van der Waals surface area contributed by atoms with E-state index < -0.39 is 46.8 Å². The first kappa shape index (κ1) is 14.4. The van der Waals surface area contributed by atoms with Gasteiger partial charge in [0.25, 0.3) is 10.1 Å². The molecule has 1 aromatic carbocycles. The lowest BCUT2D eigenvalue weighted by Gasteiger charge is -2.00. The molecule has 0 radical (unpaired) electrons. The van der Waals surface area contributed by atoms with E-state index in [2.05, 4.69) is 0 Å². The Morgan fingerprint density at radius 2 is 1.26 bits per heavy atom. The minimum atomic E-state index is -4.99. The topological polar surface area (TPSA) is 184 Å². The van der Waals surface area contributed by atoms with E-state index >= 15 is 0 Å². The van der Waals surface area contributed by atoms with Gasteiger partial charge in [0.2, 0.25) is 0 Å². The molecule has 12 nitrogen and oxygen atoms in total. The van der Waals surface area contributed by atoms with Crippen LogP contribution in [0.5, 0.6) is 0 Å². The van der Waals surface area contributed by atoms with Crippen LogP contribution in [0.2, 0.25) is 0 Å². The number of nitro groups is 3. The van der Waals surface area contributed by atoms with Gasteiger partial charge in [0.1, 0.15) is 4.90 Å². The van der Waals surface area contributed by atoms with Crippen molar-refractivity contribution in [3.8, 4) is 0 Å². The van der Waals surface area contributed by atoms with Gasteiger partial charge >= 0.3 is 17.1 Å². The SMILES string of the molecule is O=[N+]([O-])c1cc(S(=O)(=O)O)cc([N+](=O)[O-])c1[N+](=O)[O-]. The molecule has 0 unspecified atom stereocenters. The smallest absolute Gasteiger partial charge is 0.282 e. The van der Waals surface area contributed by atoms with Gasteiger partial charge in [0.15, 0.2) is 0 Å². The van der Waals surface area contributed by atoms with Gasteiger partial charge < -0.3 is 0 Å². The summed E-state index contributed by atoms with van der Waals surface area (Å²) in [5, 5.41) is 31.8. The Balaban J connectivity index is 3.89. The minimum Gasteiger partial charge on any atom is -0.282 e. The fourth-order valence-electron chi connectivity index (χ4n) is 1.19. The maximum absolute atomic E-state index is 10.8. The normalized spacial score (nSPS) is 11.0. The highest BCUT2D eigenvalue weighted by Gasteiger charge is 2.38. The largest absolute Gasteiger partial charge is 0.422 e. The molecule has 1 aromatic rings. The zero-order chi connectivity index (χ0) is 15.0. The Morgan fingerprint density at radius 3 is 1.47 bits per heavy atom. The van der Waals surface area contributed by atoms with Crippen LogP contribution < -0.4 is 0 Å². The maximum Gasteiger partial charge on any atom is 0.422 e. The fraction of sp³-hybridized carbons (Fsp3) is 0. The Morgan fingerprint density at radius 1 is 0.895 bits per heavy atom. The minimum absolute atomic E-state index is 0.167. The Labute approximate surface area is 103 Å². The van der Waals surface area contributed by atoms with E-state index in [0.29, 0.717) is 0 Å². The van der Waals surface area contributed by atoms with Crippen molar-refractivity contribution in [1.29, 1.82) is 0 Å². The fourth-order valence-corrected chi connectivity index (χ4v) is 1.71. The van der Waals surface area contributed by atoms with Crippen LogP contribution in [0.25, 0.3) is 0 Å². The highest BCUT2D eigenvalue weighted by atomic mass is 32.2. The number of benzene rings is 1. The van der Waals surface area contributed by atoms with Crippen molar-refractivity contribution >= 4 is 27.2 Å². The molecule has 0 aliphatic heterocycles. The van der Waals surface area contributed by atoms with Crippen LogP contribution in [-0.4, -0.2) is 27.7 Å². The van der Waals surface area contributed by atoms with Crippen molar-refractivity contribution in [2.24, 2.45) is 0 Å². The zero-order valence-electron chi connectivity index (χ0n) is 8.62. The summed E-state index contributed by atoms with van der Waals surface area (Å²) < 4.78 is 30.3. The number of nitro benzene ring substituents is 3. The van der Waals surface area contributed by atoms with Gasteiger partial charge in [0, 0.05) is 12.1 Å². The lowest BCUT2D eigenvalue weighted by molar-refractivity contribution is -0.441. The summed E-state index contributed by atoms with van der Waals surface area (Å²) in [7, 11) is -4.99. The first-order valence-corrected chi connectivity index (χ1v) is 5.58. The van der Waals surface area contributed by atoms with E-state index in [4.69, 9.17) is 4.55 Å². The second-order valence-electron chi connectivity index (χ2n) is 3.06. The van der Waals surface area contributed by atoms with Crippen LogP contribution in [0.4, 0.5) is 17.1 Å². The number of rotatable bonds is 4. The van der Waals surface area contributed by atoms with Gasteiger partial charge in [-0.15, -0.1) is 0 Å². The first-order chi connectivity index (χ1) is 8.55. The van der Waals surface area contributed by atoms with E-state index in [-0.39, 0.29) is 12.1 Å². The predicted molar refractivity (Wildman–Crippen MR) is 56.2 cm³/mol. The lowest BCUT2D eigenvalue weighted by atomic mass is 10.2. The molecular formula is C6H3N3O9S. The molecule has 0 fully saturated rings. The molecule has 0 saturated heterocycles. The molecule has 0 aromatic heterocycles. The zero-order valence-corrected chi connectivity index (χ0v) is 9.43. The molecule has 0 aliphatic rings. The van der Waals surface area contributed by atoms with E-state index in [1.165, 1.54) is 0 Å². The molecule has 0 bridgehead atoms. The standard InChI is InChI=1S/C6H3N3O9S/c10-7(11)4-1-3(19(16,17)18)2-5(8(12)13)6(4)9(14)15/h1-2H,(H,16,17,18). The van der Waals surface area contributed by atoms with E-state index in [9.17, 15) is 38.8 Å². The summed E-state index contributed by atoms with van der Waals surface area (Å²) in [6.07, 6.45) is 0. The molecular weight excluding hydrogens is 290 g/mol. The van der Waals surface area contributed by atoms with Gasteiger partial charge in [-0.25, -0.2) is 0 Å². The number of hydrogen-bond acceptors (Lipinski definition) is 8. The Bertz CT molecular complexity index is 659. The van der Waals surface area contributed by atoms with Crippen molar-refractivity contribution in [1.82, 2.24) is 0 Å². The Hall–Kier alpha value is -2.67.